The van der Waals surface area contributed by atoms with Crippen LogP contribution in [0.3, 0.4) is 0 Å². The molecule has 8 nitrogen and oxygen atoms in total. The maximum absolute atomic E-state index is 12.0. The van der Waals surface area contributed by atoms with Crippen molar-refractivity contribution in [2.24, 2.45) is 0 Å². The monoisotopic (exact) mass is 332 g/mol. The van der Waals surface area contributed by atoms with Crippen LogP contribution in [0.25, 0.3) is 0 Å². The van der Waals surface area contributed by atoms with Crippen LogP contribution in [-0.2, 0) is 4.79 Å². The molecule has 8 heteroatoms. The van der Waals surface area contributed by atoms with E-state index < -0.39 is 10.8 Å². The fourth-order valence-electron chi connectivity index (χ4n) is 1.99. The number of para-hydroxylation sites is 1. The second-order valence-corrected chi connectivity index (χ2v) is 4.64. The molecule has 0 atom stereocenters. The molecule has 1 N–H and O–H groups in total. The number of benzene rings is 2. The lowest BCUT2D eigenvalue weighted by Crippen LogP contribution is -2.20. The summed E-state index contributed by atoms with van der Waals surface area (Å²) in [4.78, 5) is 22.2. The summed E-state index contributed by atoms with van der Waals surface area (Å²) in [5, 5.41) is 13.3. The van der Waals surface area contributed by atoms with E-state index in [-0.39, 0.29) is 12.3 Å². The van der Waals surface area contributed by atoms with Gasteiger partial charge in [0.05, 0.1) is 19.1 Å². The molecule has 2 rings (SSSR count). The van der Waals surface area contributed by atoms with Crippen LogP contribution in [-0.4, -0.2) is 31.7 Å². The van der Waals surface area contributed by atoms with Crippen molar-refractivity contribution in [2.75, 3.05) is 26.1 Å². The van der Waals surface area contributed by atoms with Gasteiger partial charge in [-0.25, -0.2) is 0 Å². The van der Waals surface area contributed by atoms with Crippen molar-refractivity contribution >= 4 is 17.3 Å². The molecule has 2 aromatic carbocycles. The number of rotatable bonds is 7. The second kappa shape index (κ2) is 7.82. The van der Waals surface area contributed by atoms with Crippen molar-refractivity contribution in [3.05, 3.63) is 52.6 Å². The standard InChI is InChI=1S/C16H16N2O6/c1-22-13-7-4-8-14(23-2)16(13)24-10-15(19)17-11-5-3-6-12(9-11)18(20)21/h3-9H,10H2,1-2H3,(H,17,19). The number of hydrogen-bond donors (Lipinski definition) is 1. The number of carbonyl (C=O) groups excluding carboxylic acids is 1. The SMILES string of the molecule is COc1cccc(OC)c1OCC(=O)Nc1cccc([N+](=O)[O-])c1. The molecule has 0 aliphatic carbocycles. The van der Waals surface area contributed by atoms with E-state index in [4.69, 9.17) is 14.2 Å². The zero-order valence-corrected chi connectivity index (χ0v) is 13.1. The summed E-state index contributed by atoms with van der Waals surface area (Å²) in [7, 11) is 2.95. The quantitative estimate of drug-likeness (QED) is 0.618. The van der Waals surface area contributed by atoms with Crippen molar-refractivity contribution in [1.82, 2.24) is 0 Å². The maximum Gasteiger partial charge on any atom is 0.271 e. The number of nitro benzene ring substituents is 1. The zero-order chi connectivity index (χ0) is 17.5. The molecule has 0 aliphatic rings. The van der Waals surface area contributed by atoms with E-state index in [0.717, 1.165) is 0 Å². The van der Waals surface area contributed by atoms with Crippen LogP contribution in [0, 0.1) is 10.1 Å². The first-order valence-electron chi connectivity index (χ1n) is 6.93. The Morgan fingerprint density at radius 3 is 2.33 bits per heavy atom. The summed E-state index contributed by atoms with van der Waals surface area (Å²) >= 11 is 0. The summed E-state index contributed by atoms with van der Waals surface area (Å²) in [6.07, 6.45) is 0. The van der Waals surface area contributed by atoms with Crippen LogP contribution in [0.2, 0.25) is 0 Å². The Balaban J connectivity index is 2.04. The molecule has 0 bridgehead atoms. The molecule has 0 aliphatic heterocycles. The van der Waals surface area contributed by atoms with Crippen LogP contribution in [0.5, 0.6) is 17.2 Å². The number of carbonyl (C=O) groups is 1. The van der Waals surface area contributed by atoms with E-state index in [2.05, 4.69) is 5.32 Å². The van der Waals surface area contributed by atoms with Gasteiger partial charge < -0.3 is 19.5 Å². The summed E-state index contributed by atoms with van der Waals surface area (Å²) in [6, 6.07) is 10.7. The highest BCUT2D eigenvalue weighted by molar-refractivity contribution is 5.92. The summed E-state index contributed by atoms with van der Waals surface area (Å²) in [5.74, 6) is 0.690. The summed E-state index contributed by atoms with van der Waals surface area (Å²) in [5.41, 5.74) is 0.199. The van der Waals surface area contributed by atoms with Gasteiger partial charge in [0.1, 0.15) is 0 Å². The fourth-order valence-corrected chi connectivity index (χ4v) is 1.99. The highest BCUT2D eigenvalue weighted by Crippen LogP contribution is 2.36. The number of hydrogen-bond acceptors (Lipinski definition) is 6. The molecule has 0 saturated heterocycles. The Morgan fingerprint density at radius 2 is 1.75 bits per heavy atom. The van der Waals surface area contributed by atoms with Crippen molar-refractivity contribution in [1.29, 1.82) is 0 Å². The first-order chi connectivity index (χ1) is 11.5. The van der Waals surface area contributed by atoms with Crippen molar-refractivity contribution in [3.63, 3.8) is 0 Å². The number of ether oxygens (including phenoxy) is 3. The van der Waals surface area contributed by atoms with Gasteiger partial charge in [0.15, 0.2) is 18.1 Å². The van der Waals surface area contributed by atoms with Crippen LogP contribution in [0.1, 0.15) is 0 Å². The Labute approximate surface area is 138 Å². The molecule has 0 heterocycles. The van der Waals surface area contributed by atoms with Gasteiger partial charge in [-0.3, -0.25) is 14.9 Å². The number of anilines is 1. The minimum Gasteiger partial charge on any atom is -0.493 e. The van der Waals surface area contributed by atoms with Gasteiger partial charge in [-0.05, 0) is 18.2 Å². The van der Waals surface area contributed by atoms with E-state index in [1.165, 1.54) is 32.4 Å². The average Bonchev–Trinajstić information content (AvgIpc) is 2.59. The molecule has 0 unspecified atom stereocenters. The number of nitro groups is 1. The van der Waals surface area contributed by atoms with Gasteiger partial charge in [-0.2, -0.15) is 0 Å². The largest absolute Gasteiger partial charge is 0.493 e. The average molecular weight is 332 g/mol. The summed E-state index contributed by atoms with van der Waals surface area (Å²) in [6.45, 7) is -0.306. The molecule has 2 aromatic rings. The lowest BCUT2D eigenvalue weighted by molar-refractivity contribution is -0.384. The molecule has 126 valence electrons. The first-order valence-corrected chi connectivity index (χ1v) is 6.93. The van der Waals surface area contributed by atoms with Crippen LogP contribution >= 0.6 is 0 Å². The number of nitrogens with zero attached hydrogens (tertiary/aromatic N) is 1. The minimum atomic E-state index is -0.536. The normalized spacial score (nSPS) is 9.92. The van der Waals surface area contributed by atoms with Crippen molar-refractivity contribution in [2.45, 2.75) is 0 Å². The Kier molecular flexibility index (Phi) is 5.56. The predicted octanol–water partition coefficient (Wildman–Crippen LogP) is 2.63. The van der Waals surface area contributed by atoms with Gasteiger partial charge in [0, 0.05) is 17.8 Å². The maximum atomic E-state index is 12.0. The van der Waals surface area contributed by atoms with Crippen LogP contribution in [0.4, 0.5) is 11.4 Å². The second-order valence-electron chi connectivity index (χ2n) is 4.64. The first kappa shape index (κ1) is 17.1. The number of amides is 1. The number of nitrogens with one attached hydrogen (secondary N) is 1. The lowest BCUT2D eigenvalue weighted by Gasteiger charge is -2.14. The number of non-ortho nitro benzene ring substituents is 1. The smallest absolute Gasteiger partial charge is 0.271 e. The van der Waals surface area contributed by atoms with Gasteiger partial charge >= 0.3 is 0 Å². The highest BCUT2D eigenvalue weighted by Gasteiger charge is 2.14. The molecule has 0 fully saturated rings. The van der Waals surface area contributed by atoms with E-state index in [9.17, 15) is 14.9 Å². The molecular formula is C16H16N2O6. The van der Waals surface area contributed by atoms with Crippen molar-refractivity contribution < 1.29 is 23.9 Å². The van der Waals surface area contributed by atoms with E-state index in [0.29, 0.717) is 22.9 Å². The van der Waals surface area contributed by atoms with Gasteiger partial charge in [0.2, 0.25) is 5.75 Å². The molecule has 0 aromatic heterocycles. The number of methoxy groups -OCH3 is 2. The molecule has 0 radical (unpaired) electrons. The molecule has 24 heavy (non-hydrogen) atoms. The fraction of sp³-hybridized carbons (Fsp3) is 0.188. The van der Waals surface area contributed by atoms with E-state index in [1.807, 2.05) is 0 Å². The highest BCUT2D eigenvalue weighted by atomic mass is 16.6. The Morgan fingerprint density at radius 1 is 1.12 bits per heavy atom. The van der Waals surface area contributed by atoms with Crippen molar-refractivity contribution in [3.8, 4) is 17.2 Å². The zero-order valence-electron chi connectivity index (χ0n) is 13.1. The Bertz CT molecular complexity index is 725. The van der Waals surface area contributed by atoms with Gasteiger partial charge in [-0.1, -0.05) is 12.1 Å². The topological polar surface area (TPSA) is 99.9 Å². The van der Waals surface area contributed by atoms with Crippen LogP contribution < -0.4 is 19.5 Å². The van der Waals surface area contributed by atoms with Gasteiger partial charge in [-0.15, -0.1) is 0 Å². The van der Waals surface area contributed by atoms with E-state index in [1.54, 1.807) is 24.3 Å². The third-order valence-corrected chi connectivity index (χ3v) is 3.07. The third kappa shape index (κ3) is 4.13. The minimum absolute atomic E-state index is 0.111. The lowest BCUT2D eigenvalue weighted by atomic mass is 10.3. The van der Waals surface area contributed by atoms with E-state index >= 15 is 0 Å². The molecule has 0 spiro atoms. The van der Waals surface area contributed by atoms with Gasteiger partial charge in [0.25, 0.3) is 11.6 Å². The van der Waals surface area contributed by atoms with Crippen LogP contribution in [0.15, 0.2) is 42.5 Å². The predicted molar refractivity (Wildman–Crippen MR) is 86.8 cm³/mol. The Hall–Kier alpha value is -3.29. The molecule has 1 amide bonds. The molecular weight excluding hydrogens is 316 g/mol. The summed E-state index contributed by atoms with van der Waals surface area (Å²) < 4.78 is 15.8. The molecule has 0 saturated carbocycles. The third-order valence-electron chi connectivity index (χ3n) is 3.07.